The zero-order valence-electron chi connectivity index (χ0n) is 35.1. The van der Waals surface area contributed by atoms with Gasteiger partial charge in [-0.15, -0.1) is 11.3 Å². The number of hydrogen-bond acceptors (Lipinski definition) is 6. The van der Waals surface area contributed by atoms with Crippen molar-refractivity contribution in [2.45, 2.75) is 6.17 Å². The molecule has 10 aromatic carbocycles. The summed E-state index contributed by atoms with van der Waals surface area (Å²) >= 11 is 1.78. The maximum atomic E-state index is 6.85. The van der Waals surface area contributed by atoms with Crippen molar-refractivity contribution in [3.8, 4) is 5.69 Å². The SMILES string of the molecule is c1ccc2cc3c(cc2c1)c1c2ccccc2ccc1n3-c1cc(C2=NC(c3cccc4c3sc3ccccc34)=NC(c3cccc4c3oc3ccccc34)N2)c2c(c1)oc1ccccc12. The molecule has 15 rings (SSSR count). The number of thiophene rings is 1. The molecule has 0 radical (unpaired) electrons. The molecule has 5 heterocycles. The van der Waals surface area contributed by atoms with Crippen LogP contribution in [0.4, 0.5) is 0 Å². The first-order valence-electron chi connectivity index (χ1n) is 22.2. The van der Waals surface area contributed by atoms with Gasteiger partial charge in [0.2, 0.25) is 0 Å². The van der Waals surface area contributed by atoms with Crippen molar-refractivity contribution >= 4 is 130 Å². The van der Waals surface area contributed by atoms with Crippen LogP contribution in [0.3, 0.4) is 0 Å². The third-order valence-electron chi connectivity index (χ3n) is 13.6. The maximum Gasteiger partial charge on any atom is 0.160 e. The highest BCUT2D eigenvalue weighted by atomic mass is 32.1. The summed E-state index contributed by atoms with van der Waals surface area (Å²) in [4.78, 5) is 11.1. The predicted molar refractivity (Wildman–Crippen MR) is 275 cm³/mol. The minimum absolute atomic E-state index is 0.538. The molecule has 0 bridgehead atoms. The number of fused-ring (bicyclic) bond motifs is 15. The van der Waals surface area contributed by atoms with E-state index in [0.717, 1.165) is 82.0 Å². The second kappa shape index (κ2) is 13.5. The minimum Gasteiger partial charge on any atom is -0.456 e. The van der Waals surface area contributed by atoms with Crippen LogP contribution < -0.4 is 5.32 Å². The van der Waals surface area contributed by atoms with Gasteiger partial charge in [-0.05, 0) is 70.1 Å². The van der Waals surface area contributed by atoms with Crippen LogP contribution in [0.1, 0.15) is 22.9 Å². The molecule has 1 aliphatic rings. The Bertz CT molecular complexity index is 4470. The summed E-state index contributed by atoms with van der Waals surface area (Å²) in [7, 11) is 0. The van der Waals surface area contributed by atoms with Crippen molar-refractivity contribution in [3.63, 3.8) is 0 Å². The van der Waals surface area contributed by atoms with Crippen LogP contribution in [0.15, 0.2) is 213 Å². The molecule has 1 aliphatic heterocycles. The molecule has 66 heavy (non-hydrogen) atoms. The first-order valence-corrected chi connectivity index (χ1v) is 23.1. The molecule has 14 aromatic rings. The van der Waals surface area contributed by atoms with Gasteiger partial charge in [0.05, 0.1) is 16.7 Å². The van der Waals surface area contributed by atoms with E-state index in [1.54, 1.807) is 11.3 Å². The number of rotatable bonds is 4. The van der Waals surface area contributed by atoms with Gasteiger partial charge < -0.3 is 18.7 Å². The summed E-state index contributed by atoms with van der Waals surface area (Å²) in [5.74, 6) is 1.35. The van der Waals surface area contributed by atoms with Gasteiger partial charge in [0.15, 0.2) is 12.0 Å². The highest BCUT2D eigenvalue weighted by Gasteiger charge is 2.29. The monoisotopic (exact) mass is 862 g/mol. The first kappa shape index (κ1) is 35.9. The second-order valence-corrected chi connectivity index (χ2v) is 18.3. The standard InChI is InChI=1S/C59H34N4O2S/c1-2-15-35-30-48-45(29-34(35)14-1)53-37-16-4-3-13-33(37)27-28-47(53)63(48)36-31-46(54-42-19-6-9-25-50(42)64-51(54)32-36)59-61-57(43-22-11-20-40-38-17-5-8-24-49(38)65-55(40)43)60-58(62-59)44-23-12-21-41-39-18-7-10-26-52(39)66-56(41)44/h1-32,57H,(H,60,61,62). The maximum absolute atomic E-state index is 6.85. The number of nitrogens with one attached hydrogen (secondary N) is 1. The fourth-order valence-electron chi connectivity index (χ4n) is 10.7. The summed E-state index contributed by atoms with van der Waals surface area (Å²) in [6.45, 7) is 0. The fraction of sp³-hybridized carbons (Fsp3) is 0.0169. The van der Waals surface area contributed by atoms with E-state index in [-0.39, 0.29) is 0 Å². The van der Waals surface area contributed by atoms with Crippen molar-refractivity contribution < 1.29 is 8.83 Å². The normalized spacial score (nSPS) is 14.5. The van der Waals surface area contributed by atoms with E-state index in [0.29, 0.717) is 11.7 Å². The van der Waals surface area contributed by atoms with E-state index in [1.807, 2.05) is 24.3 Å². The first-order chi connectivity index (χ1) is 32.7. The minimum atomic E-state index is -0.538. The molecule has 1 atom stereocenters. The fourth-order valence-corrected chi connectivity index (χ4v) is 11.9. The van der Waals surface area contributed by atoms with Gasteiger partial charge in [0.25, 0.3) is 0 Å². The molecule has 7 heteroatoms. The van der Waals surface area contributed by atoms with Gasteiger partial charge in [0.1, 0.15) is 28.2 Å². The quantitative estimate of drug-likeness (QED) is 0.192. The summed E-state index contributed by atoms with van der Waals surface area (Å²) in [5.41, 5.74) is 9.28. The number of amidine groups is 2. The van der Waals surface area contributed by atoms with Crippen molar-refractivity contribution in [1.82, 2.24) is 9.88 Å². The van der Waals surface area contributed by atoms with Crippen molar-refractivity contribution in [2.75, 3.05) is 0 Å². The Morgan fingerprint density at radius 2 is 1.17 bits per heavy atom. The number of hydrogen-bond donors (Lipinski definition) is 1. The molecule has 0 saturated carbocycles. The average molecular weight is 863 g/mol. The van der Waals surface area contributed by atoms with Gasteiger partial charge in [-0.25, -0.2) is 9.98 Å². The summed E-state index contributed by atoms with van der Waals surface area (Å²) in [6.07, 6.45) is -0.538. The molecular weight excluding hydrogens is 829 g/mol. The largest absolute Gasteiger partial charge is 0.456 e. The van der Waals surface area contributed by atoms with Gasteiger partial charge in [-0.3, -0.25) is 0 Å². The Balaban J connectivity index is 1.03. The van der Waals surface area contributed by atoms with Crippen molar-refractivity contribution in [3.05, 3.63) is 211 Å². The molecule has 1 unspecified atom stereocenters. The van der Waals surface area contributed by atoms with Crippen LogP contribution in [0, 0.1) is 0 Å². The highest BCUT2D eigenvalue weighted by molar-refractivity contribution is 7.26. The lowest BCUT2D eigenvalue weighted by Gasteiger charge is -2.24. The third kappa shape index (κ3) is 5.11. The zero-order valence-corrected chi connectivity index (χ0v) is 35.9. The van der Waals surface area contributed by atoms with Crippen LogP contribution in [-0.2, 0) is 0 Å². The van der Waals surface area contributed by atoms with Crippen LogP contribution in [-0.4, -0.2) is 16.2 Å². The Morgan fingerprint density at radius 3 is 2.05 bits per heavy atom. The third-order valence-corrected chi connectivity index (χ3v) is 14.8. The molecule has 0 saturated heterocycles. The molecule has 0 aliphatic carbocycles. The Labute approximate surface area is 379 Å². The van der Waals surface area contributed by atoms with E-state index in [9.17, 15) is 0 Å². The number of aliphatic imine (C=N–C) groups is 2. The van der Waals surface area contributed by atoms with E-state index in [1.165, 1.54) is 47.8 Å². The number of para-hydroxylation sites is 3. The smallest absolute Gasteiger partial charge is 0.160 e. The lowest BCUT2D eigenvalue weighted by atomic mass is 10.0. The van der Waals surface area contributed by atoms with E-state index < -0.39 is 6.17 Å². The molecule has 6 nitrogen and oxygen atoms in total. The van der Waals surface area contributed by atoms with Crippen molar-refractivity contribution in [2.24, 2.45) is 9.98 Å². The molecule has 0 amide bonds. The summed E-state index contributed by atoms with van der Waals surface area (Å²) in [6, 6.07) is 69.0. The Kier molecular flexibility index (Phi) is 7.34. The molecule has 0 fully saturated rings. The van der Waals surface area contributed by atoms with Gasteiger partial charge in [-0.1, -0.05) is 140 Å². The van der Waals surface area contributed by atoms with Crippen LogP contribution in [0.25, 0.3) is 113 Å². The summed E-state index contributed by atoms with van der Waals surface area (Å²) < 4.78 is 18.3. The van der Waals surface area contributed by atoms with Gasteiger partial charge in [0, 0.05) is 75.2 Å². The number of furan rings is 2. The van der Waals surface area contributed by atoms with E-state index >= 15 is 0 Å². The predicted octanol–water partition coefficient (Wildman–Crippen LogP) is 15.8. The lowest BCUT2D eigenvalue weighted by Crippen LogP contribution is -2.34. The summed E-state index contributed by atoms with van der Waals surface area (Å²) in [5, 5.41) is 17.7. The van der Waals surface area contributed by atoms with Crippen LogP contribution in [0.2, 0.25) is 0 Å². The average Bonchev–Trinajstić information content (AvgIpc) is 4.14. The topological polar surface area (TPSA) is 68.0 Å². The molecule has 0 spiro atoms. The Hall–Kier alpha value is -8.52. The molecular formula is C59H34N4O2S. The lowest BCUT2D eigenvalue weighted by molar-refractivity contribution is 0.628. The Morgan fingerprint density at radius 1 is 0.470 bits per heavy atom. The second-order valence-electron chi connectivity index (χ2n) is 17.3. The van der Waals surface area contributed by atoms with Crippen LogP contribution >= 0.6 is 11.3 Å². The molecule has 308 valence electrons. The molecule has 4 aromatic heterocycles. The van der Waals surface area contributed by atoms with E-state index in [2.05, 4.69) is 180 Å². The van der Waals surface area contributed by atoms with E-state index in [4.69, 9.17) is 18.8 Å². The number of benzene rings is 10. The van der Waals surface area contributed by atoms with Crippen molar-refractivity contribution in [1.29, 1.82) is 0 Å². The van der Waals surface area contributed by atoms with Gasteiger partial charge in [-0.2, -0.15) is 0 Å². The highest BCUT2D eigenvalue weighted by Crippen LogP contribution is 2.43. The zero-order chi connectivity index (χ0) is 43.0. The van der Waals surface area contributed by atoms with Gasteiger partial charge >= 0.3 is 0 Å². The van der Waals surface area contributed by atoms with Crippen LogP contribution in [0.5, 0.6) is 0 Å². The molecule has 1 N–H and O–H groups in total. The number of aromatic nitrogens is 1. The number of nitrogens with zero attached hydrogens (tertiary/aromatic N) is 3.